The van der Waals surface area contributed by atoms with Gasteiger partial charge in [0.1, 0.15) is 5.60 Å². The predicted molar refractivity (Wildman–Crippen MR) is 86.5 cm³/mol. The van der Waals surface area contributed by atoms with E-state index in [2.05, 4.69) is 0 Å². The van der Waals surface area contributed by atoms with Gasteiger partial charge in [-0.15, -0.1) is 0 Å². The number of hydrogen-bond acceptors (Lipinski definition) is 5. The van der Waals surface area contributed by atoms with E-state index in [1.165, 1.54) is 14.2 Å². The lowest BCUT2D eigenvalue weighted by Gasteiger charge is -2.38. The molecule has 1 spiro atoms. The molecule has 130 valence electrons. The maximum atomic E-state index is 13.0. The minimum absolute atomic E-state index is 0.143. The van der Waals surface area contributed by atoms with Crippen molar-refractivity contribution >= 4 is 12.0 Å². The second-order valence-electron chi connectivity index (χ2n) is 6.28. The Hall–Kier alpha value is -2.44. The number of likely N-dealkylation sites (N-methyl/N-ethyl adjacent to an activating group) is 1. The van der Waals surface area contributed by atoms with Gasteiger partial charge in [-0.05, 0) is 25.0 Å². The molecular formula is C17H22N2O5. The van der Waals surface area contributed by atoms with E-state index < -0.39 is 5.60 Å². The zero-order chi connectivity index (χ0) is 17.3. The molecule has 24 heavy (non-hydrogen) atoms. The fourth-order valence-electron chi connectivity index (χ4n) is 3.50. The summed E-state index contributed by atoms with van der Waals surface area (Å²) in [6, 6.07) is 5.23. The molecule has 1 aromatic rings. The zero-order valence-electron chi connectivity index (χ0n) is 14.2. The lowest BCUT2D eigenvalue weighted by Crippen LogP contribution is -2.52. The molecule has 2 fully saturated rings. The van der Waals surface area contributed by atoms with Crippen LogP contribution in [0.5, 0.6) is 11.5 Å². The zero-order valence-corrected chi connectivity index (χ0v) is 14.2. The van der Waals surface area contributed by atoms with Crippen LogP contribution < -0.4 is 9.47 Å². The third-order valence-corrected chi connectivity index (χ3v) is 4.60. The SMILES string of the molecule is COc1cccc(C(=O)N2CCCC3(CN(C)C(=O)O3)C2)c1OC. The smallest absolute Gasteiger partial charge is 0.410 e. The number of carbonyl (C=O) groups excluding carboxylic acids is 2. The number of likely N-dealkylation sites (tertiary alicyclic amines) is 1. The van der Waals surface area contributed by atoms with Crippen molar-refractivity contribution in [2.24, 2.45) is 0 Å². The van der Waals surface area contributed by atoms with Crippen LogP contribution in [0.4, 0.5) is 4.79 Å². The number of nitrogens with zero attached hydrogens (tertiary/aromatic N) is 2. The first-order valence-corrected chi connectivity index (χ1v) is 7.94. The Labute approximate surface area is 141 Å². The van der Waals surface area contributed by atoms with Crippen molar-refractivity contribution in [1.82, 2.24) is 9.80 Å². The van der Waals surface area contributed by atoms with Crippen LogP contribution in [0.3, 0.4) is 0 Å². The first-order chi connectivity index (χ1) is 11.5. The molecule has 2 saturated heterocycles. The molecule has 0 aromatic heterocycles. The van der Waals surface area contributed by atoms with E-state index in [0.29, 0.717) is 36.7 Å². The average molecular weight is 334 g/mol. The van der Waals surface area contributed by atoms with Gasteiger partial charge in [0, 0.05) is 13.6 Å². The number of hydrogen-bond donors (Lipinski definition) is 0. The number of ether oxygens (including phenoxy) is 3. The van der Waals surface area contributed by atoms with Crippen LogP contribution >= 0.6 is 0 Å². The van der Waals surface area contributed by atoms with E-state index in [4.69, 9.17) is 14.2 Å². The highest BCUT2D eigenvalue weighted by Crippen LogP contribution is 2.35. The van der Waals surface area contributed by atoms with E-state index in [0.717, 1.165) is 12.8 Å². The van der Waals surface area contributed by atoms with Gasteiger partial charge in [-0.25, -0.2) is 4.79 Å². The highest BCUT2D eigenvalue weighted by Gasteiger charge is 2.47. The topological polar surface area (TPSA) is 68.3 Å². The Morgan fingerprint density at radius 3 is 2.67 bits per heavy atom. The molecule has 2 aliphatic rings. The molecule has 1 unspecified atom stereocenters. The minimum Gasteiger partial charge on any atom is -0.493 e. The van der Waals surface area contributed by atoms with Crippen molar-refractivity contribution in [1.29, 1.82) is 0 Å². The van der Waals surface area contributed by atoms with Crippen LogP contribution in [0.25, 0.3) is 0 Å². The molecule has 0 radical (unpaired) electrons. The van der Waals surface area contributed by atoms with Gasteiger partial charge < -0.3 is 24.0 Å². The van der Waals surface area contributed by atoms with Gasteiger partial charge in [0.05, 0.1) is 32.9 Å². The Morgan fingerprint density at radius 2 is 2.04 bits per heavy atom. The standard InChI is InChI=1S/C17H22N2O5/c1-18-10-17(24-16(18)21)8-5-9-19(11-17)15(20)12-6-4-7-13(22-2)14(12)23-3/h4,6-7H,5,8-11H2,1-3H3. The molecular weight excluding hydrogens is 312 g/mol. The summed E-state index contributed by atoms with van der Waals surface area (Å²) in [7, 11) is 4.76. The summed E-state index contributed by atoms with van der Waals surface area (Å²) in [6.07, 6.45) is 1.23. The fourth-order valence-corrected chi connectivity index (χ4v) is 3.50. The summed E-state index contributed by atoms with van der Waals surface area (Å²) < 4.78 is 16.2. The number of methoxy groups -OCH3 is 2. The summed E-state index contributed by atoms with van der Waals surface area (Å²) in [6.45, 7) is 1.52. The monoisotopic (exact) mass is 334 g/mol. The van der Waals surface area contributed by atoms with Crippen molar-refractivity contribution in [3.63, 3.8) is 0 Å². The summed E-state index contributed by atoms with van der Waals surface area (Å²) in [5, 5.41) is 0. The number of piperidine rings is 1. The van der Waals surface area contributed by atoms with Gasteiger partial charge in [0.25, 0.3) is 5.91 Å². The number of carbonyl (C=O) groups is 2. The van der Waals surface area contributed by atoms with Crippen LogP contribution in [-0.4, -0.2) is 68.3 Å². The first-order valence-electron chi connectivity index (χ1n) is 7.94. The second-order valence-corrected chi connectivity index (χ2v) is 6.28. The lowest BCUT2D eigenvalue weighted by molar-refractivity contribution is -0.00532. The molecule has 0 saturated carbocycles. The molecule has 2 heterocycles. The lowest BCUT2D eigenvalue weighted by atomic mass is 9.92. The number of amides is 2. The van der Waals surface area contributed by atoms with Crippen molar-refractivity contribution in [3.8, 4) is 11.5 Å². The Bertz CT molecular complexity index is 662. The second kappa shape index (κ2) is 6.22. The van der Waals surface area contributed by atoms with Gasteiger partial charge in [-0.2, -0.15) is 0 Å². The highest BCUT2D eigenvalue weighted by atomic mass is 16.6. The normalized spacial score (nSPS) is 23.4. The van der Waals surface area contributed by atoms with Gasteiger partial charge in [0.2, 0.25) is 0 Å². The minimum atomic E-state index is -0.605. The molecule has 1 atom stereocenters. The average Bonchev–Trinajstić information content (AvgIpc) is 2.86. The van der Waals surface area contributed by atoms with Gasteiger partial charge >= 0.3 is 6.09 Å². The number of para-hydroxylation sites is 1. The van der Waals surface area contributed by atoms with Crippen molar-refractivity contribution in [3.05, 3.63) is 23.8 Å². The molecule has 2 aliphatic heterocycles. The van der Waals surface area contributed by atoms with Crippen LogP contribution in [0.1, 0.15) is 23.2 Å². The molecule has 2 amide bonds. The third kappa shape index (κ3) is 2.74. The van der Waals surface area contributed by atoms with Crippen molar-refractivity contribution in [2.75, 3.05) is 40.9 Å². The van der Waals surface area contributed by atoms with Crippen LogP contribution in [0.15, 0.2) is 18.2 Å². The van der Waals surface area contributed by atoms with E-state index in [1.54, 1.807) is 35.0 Å². The highest BCUT2D eigenvalue weighted by molar-refractivity contribution is 5.98. The van der Waals surface area contributed by atoms with Gasteiger partial charge in [0.15, 0.2) is 11.5 Å². The van der Waals surface area contributed by atoms with Crippen LogP contribution in [0, 0.1) is 0 Å². The van der Waals surface area contributed by atoms with Crippen molar-refractivity contribution in [2.45, 2.75) is 18.4 Å². The first kappa shape index (κ1) is 16.4. The maximum Gasteiger partial charge on any atom is 0.410 e. The summed E-state index contributed by atoms with van der Waals surface area (Å²) in [5.41, 5.74) is -0.155. The molecule has 0 aliphatic carbocycles. The van der Waals surface area contributed by atoms with E-state index in [1.807, 2.05) is 0 Å². The van der Waals surface area contributed by atoms with E-state index in [9.17, 15) is 9.59 Å². The third-order valence-electron chi connectivity index (χ3n) is 4.60. The quantitative estimate of drug-likeness (QED) is 0.842. The van der Waals surface area contributed by atoms with Crippen LogP contribution in [0.2, 0.25) is 0 Å². The Morgan fingerprint density at radius 1 is 1.25 bits per heavy atom. The molecule has 1 aromatic carbocycles. The summed E-state index contributed by atoms with van der Waals surface area (Å²) >= 11 is 0. The largest absolute Gasteiger partial charge is 0.493 e. The molecule has 7 heteroatoms. The number of rotatable bonds is 3. The number of benzene rings is 1. The molecule has 0 N–H and O–H groups in total. The van der Waals surface area contributed by atoms with Gasteiger partial charge in [-0.3, -0.25) is 4.79 Å². The summed E-state index contributed by atoms with van der Waals surface area (Å²) in [4.78, 5) is 28.0. The van der Waals surface area contributed by atoms with Gasteiger partial charge in [-0.1, -0.05) is 6.07 Å². The Kier molecular flexibility index (Phi) is 4.26. The molecule has 3 rings (SSSR count). The summed E-state index contributed by atoms with van der Waals surface area (Å²) in [5.74, 6) is 0.794. The van der Waals surface area contributed by atoms with E-state index >= 15 is 0 Å². The molecule has 0 bridgehead atoms. The Balaban J connectivity index is 1.84. The van der Waals surface area contributed by atoms with Crippen molar-refractivity contribution < 1.29 is 23.8 Å². The fraction of sp³-hybridized carbons (Fsp3) is 0.529. The van der Waals surface area contributed by atoms with Crippen LogP contribution in [-0.2, 0) is 4.74 Å². The van der Waals surface area contributed by atoms with E-state index in [-0.39, 0.29) is 12.0 Å². The predicted octanol–water partition coefficient (Wildman–Crippen LogP) is 1.76. The maximum absolute atomic E-state index is 13.0. The molecule has 7 nitrogen and oxygen atoms in total.